The molecule has 1 aliphatic rings. The molecule has 0 bridgehead atoms. The molecule has 0 N–H and O–H groups in total. The van der Waals surface area contributed by atoms with E-state index in [2.05, 4.69) is 28.0 Å². The maximum absolute atomic E-state index is 13.1. The lowest BCUT2D eigenvalue weighted by Crippen LogP contribution is -2.46. The summed E-state index contributed by atoms with van der Waals surface area (Å²) in [6.07, 6.45) is 0.493. The van der Waals surface area contributed by atoms with Gasteiger partial charge >= 0.3 is 0 Å². The van der Waals surface area contributed by atoms with Gasteiger partial charge in [-0.25, -0.2) is 4.39 Å². The molecule has 0 radical (unpaired) electrons. The van der Waals surface area contributed by atoms with Gasteiger partial charge in [-0.3, -0.25) is 4.79 Å². The molecule has 7 nitrogen and oxygen atoms in total. The van der Waals surface area contributed by atoms with E-state index in [-0.39, 0.29) is 24.2 Å². The molecule has 2 heterocycles. The van der Waals surface area contributed by atoms with Crippen LogP contribution in [0.25, 0.3) is 11.4 Å². The quantitative estimate of drug-likeness (QED) is 0.578. The van der Waals surface area contributed by atoms with Gasteiger partial charge in [-0.05, 0) is 43.3 Å². The summed E-state index contributed by atoms with van der Waals surface area (Å²) < 4.78 is 24.4. The van der Waals surface area contributed by atoms with Gasteiger partial charge in [0.25, 0.3) is 0 Å². The van der Waals surface area contributed by atoms with E-state index < -0.39 is 0 Å². The molecule has 0 saturated heterocycles. The van der Waals surface area contributed by atoms with E-state index in [4.69, 9.17) is 9.26 Å². The first kappa shape index (κ1) is 20.8. The smallest absolute Gasteiger partial charge is 0.227 e. The molecule has 0 unspecified atom stereocenters. The van der Waals surface area contributed by atoms with Crippen LogP contribution >= 0.6 is 0 Å². The van der Waals surface area contributed by atoms with Crippen molar-refractivity contribution in [2.75, 3.05) is 31.6 Å². The van der Waals surface area contributed by atoms with Crippen molar-refractivity contribution in [3.8, 4) is 17.1 Å². The summed E-state index contributed by atoms with van der Waals surface area (Å²) in [5.74, 6) is 1.26. The van der Waals surface area contributed by atoms with Crippen LogP contribution in [0, 0.1) is 5.82 Å². The highest BCUT2D eigenvalue weighted by molar-refractivity contribution is 5.76. The first-order chi connectivity index (χ1) is 15.0. The third-order valence-corrected chi connectivity index (χ3v) is 5.33. The van der Waals surface area contributed by atoms with Gasteiger partial charge in [0, 0.05) is 32.0 Å². The number of hydrogen-bond acceptors (Lipinski definition) is 6. The summed E-state index contributed by atoms with van der Waals surface area (Å²) in [6.45, 7) is 4.21. The molecule has 3 aromatic rings. The molecule has 31 heavy (non-hydrogen) atoms. The Bertz CT molecular complexity index is 1040. The number of fused-ring (bicyclic) bond motifs is 1. The lowest BCUT2D eigenvalue weighted by Gasteiger charge is -2.37. The van der Waals surface area contributed by atoms with Crippen molar-refractivity contribution >= 4 is 11.6 Å². The Morgan fingerprint density at radius 2 is 2.00 bits per heavy atom. The SMILES string of the molecule is CCN1C[C@@H](CN(C)C(=O)CCc2nc(-c3ccc(F)cc3)no2)Oc2ccccc21. The summed E-state index contributed by atoms with van der Waals surface area (Å²) in [5.41, 5.74) is 1.75. The molecule has 0 aliphatic carbocycles. The van der Waals surface area contributed by atoms with Gasteiger partial charge in [0.05, 0.1) is 18.8 Å². The second kappa shape index (κ2) is 9.16. The van der Waals surface area contributed by atoms with Crippen LogP contribution in [0.1, 0.15) is 19.2 Å². The standard InChI is InChI=1S/C23H25FN4O3/c1-3-28-15-18(30-20-7-5-4-6-19(20)28)14-27(2)22(29)13-12-21-25-23(26-31-21)16-8-10-17(24)11-9-16/h4-11,18H,3,12-15H2,1-2H3/t18-/m1/s1. The Morgan fingerprint density at radius 3 is 2.77 bits per heavy atom. The summed E-state index contributed by atoms with van der Waals surface area (Å²) in [6, 6.07) is 13.8. The number of rotatable bonds is 7. The average Bonchev–Trinajstić information content (AvgIpc) is 3.26. The Labute approximate surface area is 180 Å². The second-order valence-electron chi connectivity index (χ2n) is 7.54. The third-order valence-electron chi connectivity index (χ3n) is 5.33. The van der Waals surface area contributed by atoms with Gasteiger partial charge < -0.3 is 19.1 Å². The van der Waals surface area contributed by atoms with E-state index in [1.807, 2.05) is 18.2 Å². The molecule has 1 aliphatic heterocycles. The van der Waals surface area contributed by atoms with Crippen LogP contribution in [0.15, 0.2) is 53.1 Å². The predicted octanol–water partition coefficient (Wildman–Crippen LogP) is 3.55. The minimum absolute atomic E-state index is 0.0213. The van der Waals surface area contributed by atoms with Crippen LogP contribution < -0.4 is 9.64 Å². The number of benzene rings is 2. The number of aryl methyl sites for hydroxylation is 1. The van der Waals surface area contributed by atoms with E-state index in [0.717, 1.165) is 24.5 Å². The van der Waals surface area contributed by atoms with Crippen molar-refractivity contribution < 1.29 is 18.4 Å². The number of hydrogen-bond donors (Lipinski definition) is 0. The Kier molecular flexibility index (Phi) is 6.16. The fourth-order valence-corrected chi connectivity index (χ4v) is 3.66. The number of carbonyl (C=O) groups excluding carboxylic acids is 1. The number of likely N-dealkylation sites (N-methyl/N-ethyl adjacent to an activating group) is 2. The topological polar surface area (TPSA) is 71.7 Å². The zero-order valence-electron chi connectivity index (χ0n) is 17.6. The normalized spacial score (nSPS) is 15.3. The molecule has 0 fully saturated rings. The Hall–Kier alpha value is -3.42. The molecule has 1 amide bonds. The van der Waals surface area contributed by atoms with Crippen LogP contribution in [0.5, 0.6) is 5.75 Å². The van der Waals surface area contributed by atoms with Crippen molar-refractivity contribution in [2.24, 2.45) is 0 Å². The van der Waals surface area contributed by atoms with Gasteiger partial charge in [0.1, 0.15) is 17.7 Å². The zero-order chi connectivity index (χ0) is 21.8. The molecule has 2 aromatic carbocycles. The molecule has 4 rings (SSSR count). The molecular weight excluding hydrogens is 399 g/mol. The fraction of sp³-hybridized carbons (Fsp3) is 0.348. The molecule has 1 aromatic heterocycles. The van der Waals surface area contributed by atoms with Gasteiger partial charge in [-0.2, -0.15) is 4.98 Å². The maximum Gasteiger partial charge on any atom is 0.227 e. The van der Waals surface area contributed by atoms with Crippen LogP contribution in [0.4, 0.5) is 10.1 Å². The Balaban J connectivity index is 1.31. The number of halogens is 1. The van der Waals surface area contributed by atoms with Crippen LogP contribution in [0.3, 0.4) is 0 Å². The lowest BCUT2D eigenvalue weighted by molar-refractivity contribution is -0.131. The van der Waals surface area contributed by atoms with E-state index >= 15 is 0 Å². The largest absolute Gasteiger partial charge is 0.485 e. The maximum atomic E-state index is 13.1. The average molecular weight is 424 g/mol. The lowest BCUT2D eigenvalue weighted by atomic mass is 10.1. The molecule has 0 spiro atoms. The molecule has 1 atom stereocenters. The number of carbonyl (C=O) groups is 1. The molecular formula is C23H25FN4O3. The first-order valence-electron chi connectivity index (χ1n) is 10.4. The minimum Gasteiger partial charge on any atom is -0.485 e. The van der Waals surface area contributed by atoms with Crippen molar-refractivity contribution in [3.63, 3.8) is 0 Å². The summed E-state index contributed by atoms with van der Waals surface area (Å²) >= 11 is 0. The summed E-state index contributed by atoms with van der Waals surface area (Å²) in [5, 5.41) is 3.91. The first-order valence-corrected chi connectivity index (χ1v) is 10.4. The van der Waals surface area contributed by atoms with E-state index in [9.17, 15) is 9.18 Å². The highest BCUT2D eigenvalue weighted by Crippen LogP contribution is 2.32. The summed E-state index contributed by atoms with van der Waals surface area (Å²) in [4.78, 5) is 20.9. The number of ether oxygens (including phenoxy) is 1. The molecule has 0 saturated carbocycles. The number of nitrogens with zero attached hydrogens (tertiary/aromatic N) is 4. The number of aromatic nitrogens is 2. The third kappa shape index (κ3) is 4.84. The number of anilines is 1. The van der Waals surface area contributed by atoms with Crippen LogP contribution in [-0.2, 0) is 11.2 Å². The monoisotopic (exact) mass is 424 g/mol. The molecule has 8 heteroatoms. The van der Waals surface area contributed by atoms with Crippen LogP contribution in [0.2, 0.25) is 0 Å². The van der Waals surface area contributed by atoms with E-state index in [1.165, 1.54) is 12.1 Å². The van der Waals surface area contributed by atoms with E-state index in [1.54, 1.807) is 24.1 Å². The van der Waals surface area contributed by atoms with Gasteiger partial charge in [-0.15, -0.1) is 0 Å². The zero-order valence-corrected chi connectivity index (χ0v) is 17.6. The van der Waals surface area contributed by atoms with E-state index in [0.29, 0.717) is 30.2 Å². The van der Waals surface area contributed by atoms with Crippen molar-refractivity contribution in [2.45, 2.75) is 25.9 Å². The van der Waals surface area contributed by atoms with Crippen molar-refractivity contribution in [3.05, 3.63) is 60.2 Å². The minimum atomic E-state index is -0.325. The molecule has 162 valence electrons. The Morgan fingerprint density at radius 1 is 1.23 bits per heavy atom. The van der Waals surface area contributed by atoms with Gasteiger partial charge in [0.2, 0.25) is 17.6 Å². The highest BCUT2D eigenvalue weighted by Gasteiger charge is 2.26. The highest BCUT2D eigenvalue weighted by atomic mass is 19.1. The second-order valence-corrected chi connectivity index (χ2v) is 7.54. The van der Waals surface area contributed by atoms with Crippen LogP contribution in [-0.4, -0.2) is 53.7 Å². The van der Waals surface area contributed by atoms with Gasteiger partial charge in [0.15, 0.2) is 0 Å². The number of para-hydroxylation sites is 2. The summed E-state index contributed by atoms with van der Waals surface area (Å²) in [7, 11) is 1.78. The number of amides is 1. The predicted molar refractivity (Wildman–Crippen MR) is 114 cm³/mol. The van der Waals surface area contributed by atoms with Crippen molar-refractivity contribution in [1.29, 1.82) is 0 Å². The van der Waals surface area contributed by atoms with Crippen molar-refractivity contribution in [1.82, 2.24) is 15.0 Å². The fourth-order valence-electron chi connectivity index (χ4n) is 3.66. The van der Waals surface area contributed by atoms with Gasteiger partial charge in [-0.1, -0.05) is 17.3 Å².